The summed E-state index contributed by atoms with van der Waals surface area (Å²) in [6.45, 7) is 4.47. The maximum absolute atomic E-state index is 12.8. The third kappa shape index (κ3) is 6.25. The average Bonchev–Trinajstić information content (AvgIpc) is 2.84. The fourth-order valence-electron chi connectivity index (χ4n) is 5.48. The molecule has 0 aromatic carbocycles. The Kier molecular flexibility index (Phi) is 8.32. The number of rotatable bonds is 7. The molecule has 2 aromatic heterocycles. The van der Waals surface area contributed by atoms with Crippen molar-refractivity contribution in [3.05, 3.63) is 23.8 Å². The number of alkyl halides is 3. The van der Waals surface area contributed by atoms with Gasteiger partial charge in [0.1, 0.15) is 11.6 Å². The Morgan fingerprint density at radius 1 is 1.14 bits per heavy atom. The van der Waals surface area contributed by atoms with E-state index in [1.165, 1.54) is 0 Å². The highest BCUT2D eigenvalue weighted by molar-refractivity contribution is 5.91. The smallest absolute Gasteiger partial charge is 0.393 e. The first-order chi connectivity index (χ1) is 17.2. The van der Waals surface area contributed by atoms with Crippen LogP contribution < -0.4 is 5.32 Å². The Bertz CT molecular complexity index is 1050. The molecule has 1 amide bonds. The number of hydrogen-bond acceptors (Lipinski definition) is 6. The van der Waals surface area contributed by atoms with Gasteiger partial charge < -0.3 is 15.3 Å². The number of hydrogen-bond donors (Lipinski definition) is 2. The van der Waals surface area contributed by atoms with Gasteiger partial charge in [-0.05, 0) is 50.4 Å². The molecule has 0 spiro atoms. The van der Waals surface area contributed by atoms with E-state index >= 15 is 0 Å². The number of piperidine rings is 1. The number of aromatic nitrogens is 3. The molecule has 0 radical (unpaired) electrons. The van der Waals surface area contributed by atoms with Crippen molar-refractivity contribution in [1.82, 2.24) is 19.9 Å². The van der Waals surface area contributed by atoms with Gasteiger partial charge in [-0.2, -0.15) is 13.2 Å². The number of amides is 1. The van der Waals surface area contributed by atoms with Gasteiger partial charge in [0, 0.05) is 43.5 Å². The van der Waals surface area contributed by atoms with Gasteiger partial charge in [-0.1, -0.05) is 26.7 Å². The molecule has 1 atom stereocenters. The molecule has 2 aromatic rings. The lowest BCUT2D eigenvalue weighted by Crippen LogP contribution is -2.47. The predicted octanol–water partition coefficient (Wildman–Crippen LogP) is 4.99. The van der Waals surface area contributed by atoms with Gasteiger partial charge >= 0.3 is 12.1 Å². The minimum atomic E-state index is -4.84. The van der Waals surface area contributed by atoms with Crippen LogP contribution in [0, 0.1) is 5.92 Å². The second kappa shape index (κ2) is 11.3. The van der Waals surface area contributed by atoms with Crippen LogP contribution in [0.15, 0.2) is 12.4 Å². The lowest BCUT2D eigenvalue weighted by molar-refractivity contribution is -0.186. The van der Waals surface area contributed by atoms with Gasteiger partial charge in [0.25, 0.3) is 0 Å². The number of carbonyl (C=O) groups excluding carboxylic acids is 1. The van der Waals surface area contributed by atoms with Crippen LogP contribution in [-0.4, -0.2) is 62.3 Å². The Balaban J connectivity index is 1.56. The Hall–Kier alpha value is -2.49. The largest absolute Gasteiger partial charge is 0.471 e. The fourth-order valence-corrected chi connectivity index (χ4v) is 5.48. The predicted molar refractivity (Wildman–Crippen MR) is 132 cm³/mol. The van der Waals surface area contributed by atoms with Crippen molar-refractivity contribution in [3.8, 4) is 0 Å². The number of carbonyl (C=O) groups is 1. The first-order valence-corrected chi connectivity index (χ1v) is 13.1. The lowest BCUT2D eigenvalue weighted by Gasteiger charge is -2.33. The normalized spacial score (nSPS) is 22.6. The molecule has 4 rings (SSSR count). The number of fused-ring (bicyclic) bond motifs is 1. The van der Waals surface area contributed by atoms with Gasteiger partial charge in [-0.15, -0.1) is 0 Å². The van der Waals surface area contributed by atoms with Crippen molar-refractivity contribution >= 4 is 22.6 Å². The highest BCUT2D eigenvalue weighted by Crippen LogP contribution is 2.37. The van der Waals surface area contributed by atoms with Crippen LogP contribution >= 0.6 is 0 Å². The molecule has 2 fully saturated rings. The summed E-state index contributed by atoms with van der Waals surface area (Å²) in [6.07, 6.45) is 5.66. The second-order valence-electron chi connectivity index (χ2n) is 10.4. The monoisotopic (exact) mass is 507 g/mol. The molecule has 1 saturated heterocycles. The molecule has 2 N–H and O–H groups in total. The van der Waals surface area contributed by atoms with Crippen LogP contribution in [0.1, 0.15) is 82.5 Å². The zero-order chi connectivity index (χ0) is 25.9. The van der Waals surface area contributed by atoms with E-state index in [2.05, 4.69) is 24.1 Å². The number of halogens is 3. The van der Waals surface area contributed by atoms with E-state index in [-0.39, 0.29) is 31.2 Å². The van der Waals surface area contributed by atoms with Crippen molar-refractivity contribution in [2.45, 2.75) is 95.9 Å². The van der Waals surface area contributed by atoms with Gasteiger partial charge in [0.15, 0.2) is 0 Å². The van der Waals surface area contributed by atoms with E-state index < -0.39 is 12.1 Å². The van der Waals surface area contributed by atoms with Crippen LogP contribution in [0.3, 0.4) is 0 Å². The Morgan fingerprint density at radius 3 is 2.47 bits per heavy atom. The summed E-state index contributed by atoms with van der Waals surface area (Å²) in [5.74, 6) is 0.398. The van der Waals surface area contributed by atoms with Gasteiger partial charge in [0.2, 0.25) is 0 Å². The molecular formula is C26H36F3N5O2. The molecule has 1 saturated carbocycles. The Morgan fingerprint density at radius 2 is 1.83 bits per heavy atom. The third-order valence-corrected chi connectivity index (χ3v) is 7.51. The van der Waals surface area contributed by atoms with E-state index in [9.17, 15) is 23.1 Å². The molecule has 1 aliphatic heterocycles. The molecule has 1 aliphatic carbocycles. The quantitative estimate of drug-likeness (QED) is 0.549. The van der Waals surface area contributed by atoms with Crippen molar-refractivity contribution in [2.24, 2.45) is 5.92 Å². The van der Waals surface area contributed by atoms with Crippen LogP contribution in [0.5, 0.6) is 0 Å². The number of pyridine rings is 1. The summed E-state index contributed by atoms with van der Waals surface area (Å²) in [7, 11) is 0. The third-order valence-electron chi connectivity index (χ3n) is 7.51. The second-order valence-corrected chi connectivity index (χ2v) is 10.4. The number of anilines is 1. The van der Waals surface area contributed by atoms with Crippen molar-refractivity contribution in [1.29, 1.82) is 0 Å². The molecule has 36 heavy (non-hydrogen) atoms. The minimum Gasteiger partial charge on any atom is -0.393 e. The zero-order valence-electron chi connectivity index (χ0n) is 21.0. The summed E-state index contributed by atoms with van der Waals surface area (Å²) in [5.41, 5.74) is 1.94. The summed E-state index contributed by atoms with van der Waals surface area (Å²) >= 11 is 0. The minimum absolute atomic E-state index is 0.0480. The number of nitrogens with zero attached hydrogens (tertiary/aromatic N) is 4. The first kappa shape index (κ1) is 26.6. The average molecular weight is 508 g/mol. The van der Waals surface area contributed by atoms with Crippen LogP contribution in [0.2, 0.25) is 0 Å². The van der Waals surface area contributed by atoms with Crippen molar-refractivity contribution in [2.75, 3.05) is 18.4 Å². The van der Waals surface area contributed by atoms with Gasteiger partial charge in [-0.25, -0.2) is 15.0 Å². The lowest BCUT2D eigenvalue weighted by atomic mass is 9.82. The molecule has 1 unspecified atom stereocenters. The molecule has 3 heterocycles. The molecule has 2 aliphatic rings. The SMILES string of the molecule is CCCC(C)Cc1ncc2c(NC3CCN(C(=O)C(F)(F)F)CC3)ncc(C3CCC(O)CC3)c2n1. The molecule has 0 bridgehead atoms. The number of aliphatic hydroxyl groups is 1. The number of likely N-dealkylation sites (tertiary alicyclic amines) is 1. The highest BCUT2D eigenvalue weighted by atomic mass is 19.4. The summed E-state index contributed by atoms with van der Waals surface area (Å²) in [6, 6.07) is -0.0992. The van der Waals surface area contributed by atoms with E-state index in [0.29, 0.717) is 24.6 Å². The highest BCUT2D eigenvalue weighted by Gasteiger charge is 2.43. The zero-order valence-corrected chi connectivity index (χ0v) is 21.0. The molecule has 10 heteroatoms. The van der Waals surface area contributed by atoms with E-state index in [1.54, 1.807) is 0 Å². The van der Waals surface area contributed by atoms with E-state index in [0.717, 1.165) is 72.1 Å². The van der Waals surface area contributed by atoms with Crippen molar-refractivity contribution < 1.29 is 23.1 Å². The molecule has 7 nitrogen and oxygen atoms in total. The van der Waals surface area contributed by atoms with E-state index in [1.807, 2.05) is 12.4 Å². The molecule has 198 valence electrons. The topological polar surface area (TPSA) is 91.2 Å². The Labute approximate surface area is 209 Å². The van der Waals surface area contributed by atoms with Crippen LogP contribution in [0.25, 0.3) is 10.9 Å². The standard InChI is InChI=1S/C26H36F3N5O2/c1-3-4-16(2)13-22-30-15-21-23(33-22)20(17-5-7-19(35)8-6-17)14-31-24(21)32-18-9-11-34(12-10-18)25(36)26(27,28)29/h14-19,35H,3-13H2,1-2H3,(H,31,32). The summed E-state index contributed by atoms with van der Waals surface area (Å²) in [4.78, 5) is 26.7. The summed E-state index contributed by atoms with van der Waals surface area (Å²) < 4.78 is 38.3. The van der Waals surface area contributed by atoms with Gasteiger partial charge in [0.05, 0.1) is 17.0 Å². The van der Waals surface area contributed by atoms with Crippen LogP contribution in [0.4, 0.5) is 19.0 Å². The number of aliphatic hydroxyl groups excluding tert-OH is 1. The van der Waals surface area contributed by atoms with Gasteiger partial charge in [-0.3, -0.25) is 4.79 Å². The maximum Gasteiger partial charge on any atom is 0.471 e. The molecular weight excluding hydrogens is 471 g/mol. The van der Waals surface area contributed by atoms with E-state index in [4.69, 9.17) is 9.97 Å². The fraction of sp³-hybridized carbons (Fsp3) is 0.692. The maximum atomic E-state index is 12.8. The van der Waals surface area contributed by atoms with Crippen molar-refractivity contribution in [3.63, 3.8) is 0 Å². The number of nitrogens with one attached hydrogen (secondary N) is 1. The van der Waals surface area contributed by atoms with Crippen LogP contribution in [-0.2, 0) is 11.2 Å². The summed E-state index contributed by atoms with van der Waals surface area (Å²) in [5, 5.41) is 14.2. The first-order valence-electron chi connectivity index (χ1n) is 13.1.